The molecule has 0 unspecified atom stereocenters. The molecule has 1 aromatic carbocycles. The number of rotatable bonds is 4. The van der Waals surface area contributed by atoms with Crippen LogP contribution in [0, 0.1) is 11.3 Å². The van der Waals surface area contributed by atoms with Crippen molar-refractivity contribution in [3.8, 4) is 6.07 Å². The Morgan fingerprint density at radius 1 is 1.24 bits per heavy atom. The van der Waals surface area contributed by atoms with Crippen LogP contribution in [0.1, 0.15) is 28.2 Å². The molecule has 2 heterocycles. The Morgan fingerprint density at radius 3 is 2.60 bits per heavy atom. The van der Waals surface area contributed by atoms with Gasteiger partial charge in [0.15, 0.2) is 0 Å². The predicted molar refractivity (Wildman–Crippen MR) is 96.2 cm³/mol. The monoisotopic (exact) mass is 376 g/mol. The van der Waals surface area contributed by atoms with Crippen LogP contribution >= 0.6 is 23.2 Å². The number of carbonyl (C=O) groups is 2. The molecule has 0 aliphatic carbocycles. The average Bonchev–Trinajstić information content (AvgIpc) is 3.16. The minimum atomic E-state index is -0.469. The third-order valence-electron chi connectivity index (χ3n) is 3.98. The van der Waals surface area contributed by atoms with Crippen molar-refractivity contribution in [2.24, 2.45) is 0 Å². The molecule has 6 nitrogen and oxygen atoms in total. The Balaban J connectivity index is 2.01. The number of alkyl halides is 1. The fourth-order valence-electron chi connectivity index (χ4n) is 2.95. The summed E-state index contributed by atoms with van der Waals surface area (Å²) in [4.78, 5) is 24.6. The molecule has 3 rings (SSSR count). The van der Waals surface area contributed by atoms with Crippen LogP contribution in [-0.2, 0) is 17.8 Å². The standard InChI is InChI=1S/C17H14Cl2N4O2/c18-8-14(24)22-15-12(9-20)13-2-1-7-23(13)16(15)17(25)21-11-5-3-10(19)4-6-11/h3-6H,1-2,7-8H2,(H,21,25)(H,22,24). The number of anilines is 2. The van der Waals surface area contributed by atoms with Gasteiger partial charge in [0.2, 0.25) is 5.91 Å². The summed E-state index contributed by atoms with van der Waals surface area (Å²) in [6.45, 7) is 0.615. The molecule has 0 saturated carbocycles. The van der Waals surface area contributed by atoms with Crippen molar-refractivity contribution in [3.63, 3.8) is 0 Å². The highest BCUT2D eigenvalue weighted by Gasteiger charge is 2.30. The Kier molecular flexibility index (Phi) is 4.98. The maximum atomic E-state index is 12.8. The Hall–Kier alpha value is -2.49. The van der Waals surface area contributed by atoms with E-state index in [1.165, 1.54) is 0 Å². The summed E-state index contributed by atoms with van der Waals surface area (Å²) in [5.74, 6) is -1.14. The first-order chi connectivity index (χ1) is 12.0. The molecule has 2 N–H and O–H groups in total. The van der Waals surface area contributed by atoms with Crippen LogP contribution in [0.2, 0.25) is 5.02 Å². The van der Waals surface area contributed by atoms with Gasteiger partial charge in [-0.15, -0.1) is 11.6 Å². The SMILES string of the molecule is N#Cc1c(NC(=O)CCl)c(C(=O)Nc2ccc(Cl)cc2)n2c1CCC2. The van der Waals surface area contributed by atoms with Gasteiger partial charge < -0.3 is 15.2 Å². The van der Waals surface area contributed by atoms with Crippen molar-refractivity contribution >= 4 is 46.4 Å². The summed E-state index contributed by atoms with van der Waals surface area (Å²) >= 11 is 11.4. The number of hydrogen-bond acceptors (Lipinski definition) is 3. The molecule has 0 fully saturated rings. The zero-order chi connectivity index (χ0) is 18.0. The maximum absolute atomic E-state index is 12.8. The van der Waals surface area contributed by atoms with Gasteiger partial charge in [-0.3, -0.25) is 9.59 Å². The van der Waals surface area contributed by atoms with Crippen molar-refractivity contribution in [2.75, 3.05) is 16.5 Å². The van der Waals surface area contributed by atoms with E-state index in [1.807, 2.05) is 0 Å². The van der Waals surface area contributed by atoms with E-state index in [4.69, 9.17) is 23.2 Å². The molecule has 1 aliphatic heterocycles. The zero-order valence-electron chi connectivity index (χ0n) is 13.1. The first-order valence-corrected chi connectivity index (χ1v) is 8.54. The highest BCUT2D eigenvalue weighted by molar-refractivity contribution is 6.30. The predicted octanol–water partition coefficient (Wildman–Crippen LogP) is 3.39. The minimum Gasteiger partial charge on any atom is -0.337 e. The molecule has 25 heavy (non-hydrogen) atoms. The molecule has 0 saturated heterocycles. The second kappa shape index (κ2) is 7.18. The molecule has 2 amide bonds. The number of amides is 2. The quantitative estimate of drug-likeness (QED) is 0.801. The van der Waals surface area contributed by atoms with Crippen molar-refractivity contribution < 1.29 is 9.59 Å². The molecule has 128 valence electrons. The number of aromatic nitrogens is 1. The Bertz CT molecular complexity index is 882. The molecule has 0 spiro atoms. The number of hydrogen-bond donors (Lipinski definition) is 2. The minimum absolute atomic E-state index is 0.217. The summed E-state index contributed by atoms with van der Waals surface area (Å²) in [6.07, 6.45) is 1.52. The van der Waals surface area contributed by atoms with E-state index >= 15 is 0 Å². The first-order valence-electron chi connectivity index (χ1n) is 7.63. The molecule has 1 aromatic heterocycles. The highest BCUT2D eigenvalue weighted by Crippen LogP contribution is 2.33. The number of nitrogens with one attached hydrogen (secondary N) is 2. The van der Waals surface area contributed by atoms with Gasteiger partial charge in [-0.2, -0.15) is 5.26 Å². The summed E-state index contributed by atoms with van der Waals surface area (Å²) in [5, 5.41) is 15.4. The van der Waals surface area contributed by atoms with Crippen molar-refractivity contribution in [1.29, 1.82) is 5.26 Å². The van der Waals surface area contributed by atoms with Gasteiger partial charge in [-0.25, -0.2) is 0 Å². The van der Waals surface area contributed by atoms with Crippen molar-refractivity contribution in [1.82, 2.24) is 4.57 Å². The van der Waals surface area contributed by atoms with Crippen LogP contribution in [0.25, 0.3) is 0 Å². The summed E-state index contributed by atoms with van der Waals surface area (Å²) in [7, 11) is 0. The van der Waals surface area contributed by atoms with E-state index in [0.29, 0.717) is 29.2 Å². The molecule has 0 radical (unpaired) electrons. The average molecular weight is 377 g/mol. The number of carbonyl (C=O) groups excluding carboxylic acids is 2. The smallest absolute Gasteiger partial charge is 0.274 e. The fraction of sp³-hybridized carbons (Fsp3) is 0.235. The van der Waals surface area contributed by atoms with E-state index in [-0.39, 0.29) is 17.3 Å². The first kappa shape index (κ1) is 17.3. The van der Waals surface area contributed by atoms with Crippen molar-refractivity contribution in [3.05, 3.63) is 46.2 Å². The molecule has 8 heteroatoms. The van der Waals surface area contributed by atoms with Crippen molar-refractivity contribution in [2.45, 2.75) is 19.4 Å². The second-order valence-corrected chi connectivity index (χ2v) is 6.26. The number of nitriles is 1. The summed E-state index contributed by atoms with van der Waals surface area (Å²) in [6, 6.07) is 8.78. The van der Waals surface area contributed by atoms with Gasteiger partial charge in [0, 0.05) is 22.9 Å². The number of halogens is 2. The van der Waals surface area contributed by atoms with E-state index in [9.17, 15) is 14.9 Å². The Morgan fingerprint density at radius 2 is 1.96 bits per heavy atom. The van der Waals surface area contributed by atoms with E-state index in [1.54, 1.807) is 28.8 Å². The normalized spacial score (nSPS) is 12.4. The molecule has 0 atom stereocenters. The molecule has 0 bridgehead atoms. The van der Waals surface area contributed by atoms with Crippen LogP contribution in [0.15, 0.2) is 24.3 Å². The number of benzene rings is 1. The lowest BCUT2D eigenvalue weighted by molar-refractivity contribution is -0.113. The largest absolute Gasteiger partial charge is 0.337 e. The molecular weight excluding hydrogens is 363 g/mol. The lowest BCUT2D eigenvalue weighted by Crippen LogP contribution is -2.21. The van der Waals surface area contributed by atoms with E-state index in [2.05, 4.69) is 16.7 Å². The third kappa shape index (κ3) is 3.34. The van der Waals surface area contributed by atoms with Crippen LogP contribution < -0.4 is 10.6 Å². The lowest BCUT2D eigenvalue weighted by atomic mass is 10.1. The van der Waals surface area contributed by atoms with Crippen LogP contribution in [0.4, 0.5) is 11.4 Å². The molecular formula is C17H14Cl2N4O2. The van der Waals surface area contributed by atoms with Gasteiger partial charge in [-0.1, -0.05) is 11.6 Å². The van der Waals surface area contributed by atoms with Gasteiger partial charge >= 0.3 is 0 Å². The van der Waals surface area contributed by atoms with Crippen LogP contribution in [-0.4, -0.2) is 22.3 Å². The zero-order valence-corrected chi connectivity index (χ0v) is 14.6. The maximum Gasteiger partial charge on any atom is 0.274 e. The second-order valence-electron chi connectivity index (χ2n) is 5.56. The lowest BCUT2D eigenvalue weighted by Gasteiger charge is -2.11. The van der Waals surface area contributed by atoms with Crippen LogP contribution in [0.5, 0.6) is 0 Å². The number of nitrogens with zero attached hydrogens (tertiary/aromatic N) is 2. The topological polar surface area (TPSA) is 86.9 Å². The highest BCUT2D eigenvalue weighted by atomic mass is 35.5. The molecule has 2 aromatic rings. The number of fused-ring (bicyclic) bond motifs is 1. The summed E-state index contributed by atoms with van der Waals surface area (Å²) < 4.78 is 1.79. The van der Waals surface area contributed by atoms with Gasteiger partial charge in [0.25, 0.3) is 5.91 Å². The van der Waals surface area contributed by atoms with Gasteiger partial charge in [0.1, 0.15) is 17.6 Å². The van der Waals surface area contributed by atoms with E-state index in [0.717, 1.165) is 12.1 Å². The van der Waals surface area contributed by atoms with E-state index < -0.39 is 11.8 Å². The third-order valence-corrected chi connectivity index (χ3v) is 4.48. The fourth-order valence-corrected chi connectivity index (χ4v) is 3.15. The summed E-state index contributed by atoms with van der Waals surface area (Å²) in [5.41, 5.74) is 2.12. The Labute approximate surface area is 154 Å². The molecule has 1 aliphatic rings. The van der Waals surface area contributed by atoms with Crippen LogP contribution in [0.3, 0.4) is 0 Å². The van der Waals surface area contributed by atoms with Gasteiger partial charge in [0.05, 0.1) is 11.3 Å². The van der Waals surface area contributed by atoms with Gasteiger partial charge in [-0.05, 0) is 37.1 Å².